The first-order valence-corrected chi connectivity index (χ1v) is 7.29. The molecule has 2 amide bonds. The van der Waals surface area contributed by atoms with E-state index < -0.39 is 0 Å². The average Bonchev–Trinajstić information content (AvgIpc) is 2.42. The Morgan fingerprint density at radius 2 is 1.90 bits per heavy atom. The Morgan fingerprint density at radius 3 is 2.55 bits per heavy atom. The smallest absolute Gasteiger partial charge is 0.319 e. The van der Waals surface area contributed by atoms with Crippen molar-refractivity contribution in [3.8, 4) is 0 Å². The molecule has 2 rings (SSSR count). The van der Waals surface area contributed by atoms with Crippen molar-refractivity contribution in [3.63, 3.8) is 0 Å². The van der Waals surface area contributed by atoms with Crippen molar-refractivity contribution in [1.82, 2.24) is 10.2 Å². The molecule has 0 aliphatic carbocycles. The second-order valence-electron chi connectivity index (χ2n) is 5.48. The highest BCUT2D eigenvalue weighted by molar-refractivity contribution is 5.89. The molecule has 1 saturated heterocycles. The third kappa shape index (κ3) is 4.74. The molecule has 110 valence electrons. The van der Waals surface area contributed by atoms with Gasteiger partial charge in [-0.1, -0.05) is 6.42 Å². The number of likely N-dealkylation sites (tertiary alicyclic amines) is 1. The highest BCUT2D eigenvalue weighted by atomic mass is 16.2. The molecule has 20 heavy (non-hydrogen) atoms. The lowest BCUT2D eigenvalue weighted by molar-refractivity contribution is 0.206. The normalized spacial score (nSPS) is 17.4. The molecule has 1 aromatic carbocycles. The Labute approximate surface area is 120 Å². The molecule has 0 aromatic heterocycles. The summed E-state index contributed by atoms with van der Waals surface area (Å²) in [6.45, 7) is 5.24. The molecule has 0 bridgehead atoms. The van der Waals surface area contributed by atoms with Crippen LogP contribution in [0.2, 0.25) is 0 Å². The minimum atomic E-state index is -0.167. The van der Waals surface area contributed by atoms with Crippen LogP contribution in [0.1, 0.15) is 26.2 Å². The highest BCUT2D eigenvalue weighted by Crippen LogP contribution is 2.11. The summed E-state index contributed by atoms with van der Waals surface area (Å²) in [5.74, 6) is 0. The Bertz CT molecular complexity index is 426. The Kier molecular flexibility index (Phi) is 5.24. The molecule has 5 heteroatoms. The third-order valence-electron chi connectivity index (χ3n) is 3.53. The number of carbonyl (C=O) groups excluding carboxylic acids is 1. The molecular weight excluding hydrogens is 252 g/mol. The molecule has 1 aliphatic rings. The van der Waals surface area contributed by atoms with E-state index in [0.29, 0.717) is 5.69 Å². The predicted molar refractivity (Wildman–Crippen MR) is 82.8 cm³/mol. The van der Waals surface area contributed by atoms with Gasteiger partial charge in [0.2, 0.25) is 0 Å². The lowest BCUT2D eigenvalue weighted by Gasteiger charge is -2.29. The van der Waals surface area contributed by atoms with Crippen molar-refractivity contribution < 1.29 is 4.79 Å². The fraction of sp³-hybridized carbons (Fsp3) is 0.533. The number of hydrogen-bond donors (Lipinski definition) is 3. The Morgan fingerprint density at radius 1 is 1.25 bits per heavy atom. The SMILES string of the molecule is CC(CN1CCCCC1)NC(=O)Nc1ccc(N)cc1. The van der Waals surface area contributed by atoms with E-state index in [2.05, 4.69) is 15.5 Å². The zero-order valence-electron chi connectivity index (χ0n) is 12.1. The van der Waals surface area contributed by atoms with Crippen LogP contribution in [0.3, 0.4) is 0 Å². The number of hydrogen-bond acceptors (Lipinski definition) is 3. The third-order valence-corrected chi connectivity index (χ3v) is 3.53. The summed E-state index contributed by atoms with van der Waals surface area (Å²) in [4.78, 5) is 14.3. The molecule has 1 heterocycles. The van der Waals surface area contributed by atoms with E-state index in [1.54, 1.807) is 24.3 Å². The first-order chi connectivity index (χ1) is 9.63. The molecule has 5 nitrogen and oxygen atoms in total. The van der Waals surface area contributed by atoms with Crippen molar-refractivity contribution in [3.05, 3.63) is 24.3 Å². The summed E-state index contributed by atoms with van der Waals surface area (Å²) in [5.41, 5.74) is 7.05. The predicted octanol–water partition coefficient (Wildman–Crippen LogP) is 2.26. The monoisotopic (exact) mass is 276 g/mol. The topological polar surface area (TPSA) is 70.4 Å². The molecular formula is C15H24N4O. The molecule has 0 spiro atoms. The summed E-state index contributed by atoms with van der Waals surface area (Å²) in [6.07, 6.45) is 3.87. The summed E-state index contributed by atoms with van der Waals surface area (Å²) in [7, 11) is 0. The summed E-state index contributed by atoms with van der Waals surface area (Å²) in [5, 5.41) is 5.78. The van der Waals surface area contributed by atoms with E-state index in [9.17, 15) is 4.79 Å². The lowest BCUT2D eigenvalue weighted by Crippen LogP contribution is -2.45. The van der Waals surface area contributed by atoms with Gasteiger partial charge >= 0.3 is 6.03 Å². The molecule has 0 radical (unpaired) electrons. The summed E-state index contributed by atoms with van der Waals surface area (Å²) in [6, 6.07) is 7.11. The van der Waals surface area contributed by atoms with Crippen LogP contribution in [-0.2, 0) is 0 Å². The zero-order chi connectivity index (χ0) is 14.4. The van der Waals surface area contributed by atoms with Gasteiger partial charge in [-0.3, -0.25) is 0 Å². The number of nitrogens with one attached hydrogen (secondary N) is 2. The number of nitrogens with zero attached hydrogens (tertiary/aromatic N) is 1. The fourth-order valence-electron chi connectivity index (χ4n) is 2.53. The lowest BCUT2D eigenvalue weighted by atomic mass is 10.1. The van der Waals surface area contributed by atoms with Crippen molar-refractivity contribution in [2.45, 2.75) is 32.2 Å². The van der Waals surface area contributed by atoms with Gasteiger partial charge < -0.3 is 21.3 Å². The maximum absolute atomic E-state index is 11.9. The molecule has 1 aromatic rings. The minimum absolute atomic E-state index is 0.141. The molecule has 1 atom stereocenters. The number of amides is 2. The van der Waals surface area contributed by atoms with E-state index in [0.717, 1.165) is 25.3 Å². The molecule has 1 fully saturated rings. The molecule has 1 aliphatic heterocycles. The molecule has 4 N–H and O–H groups in total. The van der Waals surface area contributed by atoms with Gasteiger partial charge in [-0.2, -0.15) is 0 Å². The largest absolute Gasteiger partial charge is 0.399 e. The minimum Gasteiger partial charge on any atom is -0.399 e. The number of piperidine rings is 1. The van der Waals surface area contributed by atoms with Crippen LogP contribution in [0.15, 0.2) is 24.3 Å². The second-order valence-corrected chi connectivity index (χ2v) is 5.48. The number of carbonyl (C=O) groups is 1. The summed E-state index contributed by atoms with van der Waals surface area (Å²) < 4.78 is 0. The van der Waals surface area contributed by atoms with E-state index >= 15 is 0 Å². The Balaban J connectivity index is 1.74. The fourth-order valence-corrected chi connectivity index (χ4v) is 2.53. The van der Waals surface area contributed by atoms with Gasteiger partial charge in [0.05, 0.1) is 0 Å². The van der Waals surface area contributed by atoms with Gasteiger partial charge in [-0.25, -0.2) is 4.79 Å². The number of rotatable bonds is 4. The van der Waals surface area contributed by atoms with E-state index in [-0.39, 0.29) is 12.1 Å². The number of nitrogen functional groups attached to an aromatic ring is 1. The zero-order valence-corrected chi connectivity index (χ0v) is 12.1. The summed E-state index contributed by atoms with van der Waals surface area (Å²) >= 11 is 0. The van der Waals surface area contributed by atoms with Gasteiger partial charge in [0, 0.05) is 24.0 Å². The average molecular weight is 276 g/mol. The second kappa shape index (κ2) is 7.14. The van der Waals surface area contributed by atoms with Crippen LogP contribution >= 0.6 is 0 Å². The van der Waals surface area contributed by atoms with Crippen molar-refractivity contribution in [2.24, 2.45) is 0 Å². The van der Waals surface area contributed by atoms with Gasteiger partial charge in [0.25, 0.3) is 0 Å². The number of urea groups is 1. The van der Waals surface area contributed by atoms with Crippen LogP contribution in [0.4, 0.5) is 16.2 Å². The van der Waals surface area contributed by atoms with Gasteiger partial charge in [0.1, 0.15) is 0 Å². The standard InChI is InChI=1S/C15H24N4O/c1-12(11-19-9-3-2-4-10-19)17-15(20)18-14-7-5-13(16)6-8-14/h5-8,12H,2-4,9-11,16H2,1H3,(H2,17,18,20). The first kappa shape index (κ1) is 14.7. The van der Waals surface area contributed by atoms with Crippen LogP contribution in [-0.4, -0.2) is 36.6 Å². The van der Waals surface area contributed by atoms with Crippen LogP contribution in [0, 0.1) is 0 Å². The van der Waals surface area contributed by atoms with Crippen molar-refractivity contribution >= 4 is 17.4 Å². The molecule has 0 saturated carbocycles. The first-order valence-electron chi connectivity index (χ1n) is 7.29. The van der Waals surface area contributed by atoms with E-state index in [1.165, 1.54) is 19.3 Å². The van der Waals surface area contributed by atoms with Crippen LogP contribution in [0.5, 0.6) is 0 Å². The van der Waals surface area contributed by atoms with E-state index in [1.807, 2.05) is 6.92 Å². The highest BCUT2D eigenvalue weighted by Gasteiger charge is 2.14. The maximum Gasteiger partial charge on any atom is 0.319 e. The van der Waals surface area contributed by atoms with Crippen molar-refractivity contribution in [1.29, 1.82) is 0 Å². The number of anilines is 2. The van der Waals surface area contributed by atoms with Crippen LogP contribution < -0.4 is 16.4 Å². The van der Waals surface area contributed by atoms with Crippen molar-refractivity contribution in [2.75, 3.05) is 30.7 Å². The number of benzene rings is 1. The van der Waals surface area contributed by atoms with Gasteiger partial charge in [0.15, 0.2) is 0 Å². The number of nitrogens with two attached hydrogens (primary N) is 1. The van der Waals surface area contributed by atoms with E-state index in [4.69, 9.17) is 5.73 Å². The van der Waals surface area contributed by atoms with Crippen LogP contribution in [0.25, 0.3) is 0 Å². The van der Waals surface area contributed by atoms with Gasteiger partial charge in [-0.15, -0.1) is 0 Å². The molecule has 1 unspecified atom stereocenters. The maximum atomic E-state index is 11.9. The quantitative estimate of drug-likeness (QED) is 0.739. The Hall–Kier alpha value is -1.75. The van der Waals surface area contributed by atoms with Gasteiger partial charge in [-0.05, 0) is 57.1 Å².